The number of carbonyl (C=O) groups is 1. The van der Waals surface area contributed by atoms with Crippen LogP contribution < -0.4 is 5.32 Å². The van der Waals surface area contributed by atoms with Crippen molar-refractivity contribution < 1.29 is 4.79 Å². The maximum atomic E-state index is 11.8. The van der Waals surface area contributed by atoms with E-state index in [9.17, 15) is 4.79 Å². The maximum absolute atomic E-state index is 11.8. The molecule has 2 saturated heterocycles. The fourth-order valence-electron chi connectivity index (χ4n) is 3.80. The zero-order chi connectivity index (χ0) is 18.6. The fraction of sp³-hybridized carbons (Fsp3) is 0.619. The summed E-state index contributed by atoms with van der Waals surface area (Å²) in [6.45, 7) is 12.0. The molecule has 2 fully saturated rings. The smallest absolute Gasteiger partial charge is 0.222 e. The highest BCUT2D eigenvalue weighted by atomic mass is 16.2. The Morgan fingerprint density at radius 1 is 1.27 bits per heavy atom. The molecule has 0 spiro atoms. The summed E-state index contributed by atoms with van der Waals surface area (Å²) in [4.78, 5) is 21.0. The van der Waals surface area contributed by atoms with Gasteiger partial charge in [-0.3, -0.25) is 4.79 Å². The number of hydrogen-bond acceptors (Lipinski definition) is 2. The monoisotopic (exact) mass is 356 g/mol. The third kappa shape index (κ3) is 4.77. The molecule has 0 radical (unpaired) electrons. The molecule has 1 aromatic rings. The van der Waals surface area contributed by atoms with Gasteiger partial charge in [0.1, 0.15) is 0 Å². The lowest BCUT2D eigenvalue weighted by molar-refractivity contribution is -0.128. The van der Waals surface area contributed by atoms with E-state index in [2.05, 4.69) is 55.3 Å². The summed E-state index contributed by atoms with van der Waals surface area (Å²) in [5.41, 5.74) is 2.75. The lowest BCUT2D eigenvalue weighted by Crippen LogP contribution is -2.40. The number of rotatable bonds is 5. The van der Waals surface area contributed by atoms with Gasteiger partial charge in [-0.25, -0.2) is 4.99 Å². The van der Waals surface area contributed by atoms with Crippen LogP contribution >= 0.6 is 0 Å². The third-order valence-electron chi connectivity index (χ3n) is 5.26. The van der Waals surface area contributed by atoms with Crippen molar-refractivity contribution in [2.45, 2.75) is 53.1 Å². The van der Waals surface area contributed by atoms with E-state index in [1.165, 1.54) is 17.5 Å². The molecule has 5 heteroatoms. The summed E-state index contributed by atoms with van der Waals surface area (Å²) >= 11 is 0. The molecule has 2 heterocycles. The van der Waals surface area contributed by atoms with Gasteiger partial charge >= 0.3 is 0 Å². The molecule has 0 aliphatic carbocycles. The molecule has 0 saturated carbocycles. The Hall–Kier alpha value is -2.04. The van der Waals surface area contributed by atoms with Crippen LogP contribution in [0.2, 0.25) is 0 Å². The Balaban J connectivity index is 1.65. The highest BCUT2D eigenvalue weighted by Crippen LogP contribution is 2.28. The predicted octanol–water partition coefficient (Wildman–Crippen LogP) is 3.01. The van der Waals surface area contributed by atoms with Crippen LogP contribution in [0, 0.1) is 5.41 Å². The number of likely N-dealkylation sites (tertiary alicyclic amines) is 2. The van der Waals surface area contributed by atoms with E-state index < -0.39 is 0 Å². The number of benzene rings is 1. The third-order valence-corrected chi connectivity index (χ3v) is 5.26. The van der Waals surface area contributed by atoms with E-state index in [0.29, 0.717) is 18.4 Å². The van der Waals surface area contributed by atoms with Gasteiger partial charge in [0.2, 0.25) is 5.91 Å². The number of amides is 1. The second-order valence-corrected chi connectivity index (χ2v) is 8.24. The highest BCUT2D eigenvalue weighted by Gasteiger charge is 2.30. The van der Waals surface area contributed by atoms with E-state index in [-0.39, 0.29) is 5.91 Å². The first-order valence-electron chi connectivity index (χ1n) is 9.86. The summed E-state index contributed by atoms with van der Waals surface area (Å²) in [5, 5.41) is 3.43. The van der Waals surface area contributed by atoms with Gasteiger partial charge in [-0.2, -0.15) is 0 Å². The molecule has 3 rings (SSSR count). The van der Waals surface area contributed by atoms with Gasteiger partial charge in [0.25, 0.3) is 0 Å². The number of aliphatic imine (C=N–C) groups is 1. The number of guanidine groups is 1. The first kappa shape index (κ1) is 18.7. The van der Waals surface area contributed by atoms with Crippen LogP contribution in [0.4, 0.5) is 0 Å². The Morgan fingerprint density at radius 3 is 2.73 bits per heavy atom. The second kappa shape index (κ2) is 8.11. The fourth-order valence-corrected chi connectivity index (χ4v) is 3.80. The van der Waals surface area contributed by atoms with Crippen molar-refractivity contribution in [1.82, 2.24) is 15.1 Å². The molecular formula is C21H32N4O. The van der Waals surface area contributed by atoms with Crippen LogP contribution in [0.25, 0.3) is 0 Å². The SMILES string of the molecule is CCNC(=NCc1cccc(CN2CCCC2=O)c1)N1CCC(C)(C)C1. The first-order valence-corrected chi connectivity index (χ1v) is 9.86. The second-order valence-electron chi connectivity index (χ2n) is 8.24. The van der Waals surface area contributed by atoms with Crippen molar-refractivity contribution in [1.29, 1.82) is 0 Å². The normalized spacial score (nSPS) is 20.1. The molecule has 2 aliphatic rings. The molecule has 5 nitrogen and oxygen atoms in total. The summed E-state index contributed by atoms with van der Waals surface area (Å²) < 4.78 is 0. The maximum Gasteiger partial charge on any atom is 0.222 e. The highest BCUT2D eigenvalue weighted by molar-refractivity contribution is 5.80. The summed E-state index contributed by atoms with van der Waals surface area (Å²) in [7, 11) is 0. The van der Waals surface area contributed by atoms with Gasteiger partial charge in [0, 0.05) is 39.1 Å². The van der Waals surface area contributed by atoms with Gasteiger partial charge in [-0.1, -0.05) is 38.1 Å². The zero-order valence-electron chi connectivity index (χ0n) is 16.4. The van der Waals surface area contributed by atoms with E-state index in [0.717, 1.165) is 45.1 Å². The first-order chi connectivity index (χ1) is 12.5. The van der Waals surface area contributed by atoms with Crippen molar-refractivity contribution in [3.63, 3.8) is 0 Å². The van der Waals surface area contributed by atoms with Crippen molar-refractivity contribution in [2.75, 3.05) is 26.2 Å². The van der Waals surface area contributed by atoms with Crippen molar-refractivity contribution >= 4 is 11.9 Å². The molecule has 0 bridgehead atoms. The van der Waals surface area contributed by atoms with Gasteiger partial charge < -0.3 is 15.1 Å². The quantitative estimate of drug-likeness (QED) is 0.652. The minimum atomic E-state index is 0.277. The van der Waals surface area contributed by atoms with Gasteiger partial charge in [-0.05, 0) is 36.3 Å². The summed E-state index contributed by atoms with van der Waals surface area (Å²) in [5.74, 6) is 1.29. The Kier molecular flexibility index (Phi) is 5.84. The lowest BCUT2D eigenvalue weighted by Gasteiger charge is -2.23. The largest absolute Gasteiger partial charge is 0.357 e. The van der Waals surface area contributed by atoms with Crippen molar-refractivity contribution in [3.8, 4) is 0 Å². The topological polar surface area (TPSA) is 47.9 Å². The summed E-state index contributed by atoms with van der Waals surface area (Å²) in [6, 6.07) is 8.49. The van der Waals surface area contributed by atoms with Crippen LogP contribution in [-0.2, 0) is 17.9 Å². The molecule has 0 aromatic heterocycles. The molecule has 26 heavy (non-hydrogen) atoms. The Bertz CT molecular complexity index is 668. The van der Waals surface area contributed by atoms with E-state index in [4.69, 9.17) is 4.99 Å². The molecule has 1 amide bonds. The van der Waals surface area contributed by atoms with Gasteiger partial charge in [0.05, 0.1) is 6.54 Å². The molecule has 1 aromatic carbocycles. The van der Waals surface area contributed by atoms with Crippen molar-refractivity contribution in [2.24, 2.45) is 10.4 Å². The van der Waals surface area contributed by atoms with E-state index >= 15 is 0 Å². The minimum absolute atomic E-state index is 0.277. The lowest BCUT2D eigenvalue weighted by atomic mass is 9.93. The Morgan fingerprint density at radius 2 is 2.08 bits per heavy atom. The molecule has 142 valence electrons. The Labute approximate surface area is 157 Å². The van der Waals surface area contributed by atoms with Crippen LogP contribution in [0.1, 0.15) is 51.2 Å². The molecule has 1 N–H and O–H groups in total. The van der Waals surface area contributed by atoms with Crippen LogP contribution in [0.3, 0.4) is 0 Å². The number of nitrogens with one attached hydrogen (secondary N) is 1. The summed E-state index contributed by atoms with van der Waals surface area (Å²) in [6.07, 6.45) is 2.89. The average Bonchev–Trinajstić information content (AvgIpc) is 3.17. The molecule has 0 atom stereocenters. The van der Waals surface area contributed by atoms with Crippen LogP contribution in [-0.4, -0.2) is 47.8 Å². The van der Waals surface area contributed by atoms with E-state index in [1.54, 1.807) is 0 Å². The average molecular weight is 357 g/mol. The molecule has 0 unspecified atom stereocenters. The minimum Gasteiger partial charge on any atom is -0.357 e. The standard InChI is InChI=1S/C21H32N4O/c1-4-22-20(25-12-10-21(2,3)16-25)23-14-17-7-5-8-18(13-17)15-24-11-6-9-19(24)26/h5,7-8,13H,4,6,9-12,14-16H2,1-3H3,(H,22,23). The zero-order valence-corrected chi connectivity index (χ0v) is 16.4. The molecule has 2 aliphatic heterocycles. The molecular weight excluding hydrogens is 324 g/mol. The number of nitrogens with zero attached hydrogens (tertiary/aromatic N) is 3. The van der Waals surface area contributed by atoms with Crippen LogP contribution in [0.15, 0.2) is 29.3 Å². The van der Waals surface area contributed by atoms with Crippen molar-refractivity contribution in [3.05, 3.63) is 35.4 Å². The van der Waals surface area contributed by atoms with Crippen LogP contribution in [0.5, 0.6) is 0 Å². The number of carbonyl (C=O) groups excluding carboxylic acids is 1. The van der Waals surface area contributed by atoms with Gasteiger partial charge in [-0.15, -0.1) is 0 Å². The predicted molar refractivity (Wildman–Crippen MR) is 106 cm³/mol. The number of hydrogen-bond donors (Lipinski definition) is 1. The van der Waals surface area contributed by atoms with Gasteiger partial charge in [0.15, 0.2) is 5.96 Å². The van der Waals surface area contributed by atoms with E-state index in [1.807, 2.05) is 4.90 Å².